The third-order valence-corrected chi connectivity index (χ3v) is 4.59. The Morgan fingerprint density at radius 1 is 1.19 bits per heavy atom. The van der Waals surface area contributed by atoms with E-state index in [9.17, 15) is 0 Å². The van der Waals surface area contributed by atoms with Crippen LogP contribution < -0.4 is 5.32 Å². The molecule has 0 spiro atoms. The molecule has 1 aromatic heterocycles. The normalized spacial score (nSPS) is 16.7. The summed E-state index contributed by atoms with van der Waals surface area (Å²) in [6, 6.07) is 6.84. The summed E-state index contributed by atoms with van der Waals surface area (Å²) < 4.78 is 2.38. The van der Waals surface area contributed by atoms with E-state index in [1.165, 1.54) is 54.5 Å². The van der Waals surface area contributed by atoms with Crippen LogP contribution in [0.2, 0.25) is 0 Å². The molecule has 0 atom stereocenters. The number of nitrogens with zero attached hydrogens (tertiary/aromatic N) is 2. The van der Waals surface area contributed by atoms with Crippen molar-refractivity contribution in [3.8, 4) is 0 Å². The fourth-order valence-corrected chi connectivity index (χ4v) is 3.37. The predicted molar refractivity (Wildman–Crippen MR) is 90.0 cm³/mol. The summed E-state index contributed by atoms with van der Waals surface area (Å²) in [5.41, 5.74) is 4.27. The molecule has 0 saturated carbocycles. The van der Waals surface area contributed by atoms with Gasteiger partial charge in [0.2, 0.25) is 0 Å². The first-order valence-corrected chi connectivity index (χ1v) is 8.29. The maximum atomic E-state index is 3.42. The number of hydrogen-bond donors (Lipinski definition) is 1. The van der Waals surface area contributed by atoms with Crippen LogP contribution in [-0.4, -0.2) is 42.2 Å². The van der Waals surface area contributed by atoms with E-state index in [1.807, 2.05) is 0 Å². The van der Waals surface area contributed by atoms with E-state index < -0.39 is 0 Å². The van der Waals surface area contributed by atoms with Crippen molar-refractivity contribution in [1.82, 2.24) is 14.8 Å². The van der Waals surface area contributed by atoms with Gasteiger partial charge in [-0.2, -0.15) is 0 Å². The second kappa shape index (κ2) is 6.63. The van der Waals surface area contributed by atoms with Crippen LogP contribution in [0.15, 0.2) is 24.4 Å². The number of hydrogen-bond acceptors (Lipinski definition) is 2. The van der Waals surface area contributed by atoms with Crippen LogP contribution in [0.3, 0.4) is 0 Å². The van der Waals surface area contributed by atoms with Gasteiger partial charge in [0.25, 0.3) is 0 Å². The van der Waals surface area contributed by atoms with Gasteiger partial charge in [-0.1, -0.05) is 11.6 Å². The summed E-state index contributed by atoms with van der Waals surface area (Å²) in [5, 5.41) is 4.87. The molecule has 1 aromatic carbocycles. The van der Waals surface area contributed by atoms with Crippen LogP contribution in [0.25, 0.3) is 10.9 Å². The molecule has 0 unspecified atom stereocenters. The summed E-state index contributed by atoms with van der Waals surface area (Å²) in [5.74, 6) is 0. The summed E-state index contributed by atoms with van der Waals surface area (Å²) in [7, 11) is 0. The van der Waals surface area contributed by atoms with E-state index in [4.69, 9.17) is 0 Å². The highest BCUT2D eigenvalue weighted by Crippen LogP contribution is 2.24. The van der Waals surface area contributed by atoms with Gasteiger partial charge in [-0.25, -0.2) is 0 Å². The first-order valence-electron chi connectivity index (χ1n) is 8.29. The van der Waals surface area contributed by atoms with Crippen molar-refractivity contribution in [3.63, 3.8) is 0 Å². The minimum atomic E-state index is 1.05. The monoisotopic (exact) mass is 285 g/mol. The maximum absolute atomic E-state index is 3.42. The Bertz CT molecular complexity index is 594. The maximum Gasteiger partial charge on any atom is 0.0483 e. The molecule has 1 fully saturated rings. The molecular weight excluding hydrogens is 258 g/mol. The van der Waals surface area contributed by atoms with E-state index in [0.717, 1.165) is 19.6 Å². The minimum absolute atomic E-state index is 1.05. The zero-order chi connectivity index (χ0) is 14.7. The fraction of sp³-hybridized carbons (Fsp3) is 0.556. The van der Waals surface area contributed by atoms with Crippen LogP contribution in [0.1, 0.15) is 24.5 Å². The second-order valence-corrected chi connectivity index (χ2v) is 6.16. The van der Waals surface area contributed by atoms with Crippen LogP contribution in [-0.2, 0) is 13.0 Å². The van der Waals surface area contributed by atoms with E-state index in [1.54, 1.807) is 0 Å². The molecule has 1 saturated heterocycles. The highest BCUT2D eigenvalue weighted by molar-refractivity contribution is 5.84. The lowest BCUT2D eigenvalue weighted by atomic mass is 10.1. The first kappa shape index (κ1) is 14.6. The van der Waals surface area contributed by atoms with Gasteiger partial charge in [-0.05, 0) is 50.9 Å². The Labute approximate surface area is 127 Å². The van der Waals surface area contributed by atoms with Crippen molar-refractivity contribution in [2.75, 3.05) is 32.7 Å². The quantitative estimate of drug-likeness (QED) is 0.911. The summed E-state index contributed by atoms with van der Waals surface area (Å²) in [6.07, 6.45) is 4.81. The lowest BCUT2D eigenvalue weighted by Gasteiger charge is -2.26. The smallest absolute Gasteiger partial charge is 0.0483 e. The highest BCUT2D eigenvalue weighted by Gasteiger charge is 2.11. The van der Waals surface area contributed by atoms with E-state index in [0.29, 0.717) is 0 Å². The third-order valence-electron chi connectivity index (χ3n) is 4.59. The average molecular weight is 285 g/mol. The molecule has 1 aliphatic rings. The Kier molecular flexibility index (Phi) is 4.61. The Morgan fingerprint density at radius 2 is 2.00 bits per heavy atom. The van der Waals surface area contributed by atoms with E-state index in [-0.39, 0.29) is 0 Å². The molecule has 2 aromatic rings. The molecule has 2 heterocycles. The number of piperazine rings is 1. The molecule has 21 heavy (non-hydrogen) atoms. The van der Waals surface area contributed by atoms with Crippen LogP contribution in [0, 0.1) is 6.92 Å². The first-order chi connectivity index (χ1) is 10.3. The van der Waals surface area contributed by atoms with Crippen molar-refractivity contribution >= 4 is 10.9 Å². The van der Waals surface area contributed by atoms with Crippen LogP contribution in [0.4, 0.5) is 0 Å². The predicted octanol–water partition coefficient (Wildman–Crippen LogP) is 2.81. The van der Waals surface area contributed by atoms with Crippen LogP contribution >= 0.6 is 0 Å². The van der Waals surface area contributed by atoms with E-state index >= 15 is 0 Å². The molecule has 3 heteroatoms. The number of rotatable bonds is 5. The summed E-state index contributed by atoms with van der Waals surface area (Å²) in [6.45, 7) is 11.4. The molecule has 1 N–H and O–H groups in total. The molecule has 0 aliphatic carbocycles. The Hall–Kier alpha value is -1.32. The number of aromatic nitrogens is 1. The zero-order valence-electron chi connectivity index (χ0n) is 13.4. The lowest BCUT2D eigenvalue weighted by molar-refractivity contribution is 0.238. The van der Waals surface area contributed by atoms with Crippen molar-refractivity contribution in [3.05, 3.63) is 35.5 Å². The molecule has 1 aliphatic heterocycles. The van der Waals surface area contributed by atoms with Crippen LogP contribution in [0.5, 0.6) is 0 Å². The number of aryl methyl sites for hydroxylation is 3. The van der Waals surface area contributed by atoms with Gasteiger partial charge >= 0.3 is 0 Å². The lowest BCUT2D eigenvalue weighted by Crippen LogP contribution is -2.43. The van der Waals surface area contributed by atoms with Crippen molar-refractivity contribution < 1.29 is 0 Å². The topological polar surface area (TPSA) is 20.2 Å². The minimum Gasteiger partial charge on any atom is -0.347 e. The molecule has 0 amide bonds. The van der Waals surface area contributed by atoms with Gasteiger partial charge in [0.15, 0.2) is 0 Å². The number of fused-ring (bicyclic) bond motifs is 1. The third kappa shape index (κ3) is 3.30. The Morgan fingerprint density at radius 3 is 2.76 bits per heavy atom. The number of benzene rings is 1. The largest absolute Gasteiger partial charge is 0.347 e. The van der Waals surface area contributed by atoms with Gasteiger partial charge in [-0.3, -0.25) is 0 Å². The van der Waals surface area contributed by atoms with Crippen molar-refractivity contribution in [2.45, 2.75) is 33.2 Å². The van der Waals surface area contributed by atoms with Gasteiger partial charge < -0.3 is 14.8 Å². The van der Waals surface area contributed by atoms with Gasteiger partial charge in [0.05, 0.1) is 0 Å². The molecule has 3 nitrogen and oxygen atoms in total. The van der Waals surface area contributed by atoms with Gasteiger partial charge in [0, 0.05) is 49.8 Å². The second-order valence-electron chi connectivity index (χ2n) is 6.16. The molecule has 3 rings (SSSR count). The molecular formula is C18H27N3. The average Bonchev–Trinajstić information content (AvgIpc) is 2.86. The molecule has 0 radical (unpaired) electrons. The van der Waals surface area contributed by atoms with Gasteiger partial charge in [0.1, 0.15) is 0 Å². The van der Waals surface area contributed by atoms with Crippen molar-refractivity contribution in [2.24, 2.45) is 0 Å². The number of nitrogens with one attached hydrogen (secondary N) is 1. The fourth-order valence-electron chi connectivity index (χ4n) is 3.37. The van der Waals surface area contributed by atoms with Crippen molar-refractivity contribution in [1.29, 1.82) is 0 Å². The SMILES string of the molecule is CCn1cc(CCCN2CCNCC2)c2cc(C)ccc21. The highest BCUT2D eigenvalue weighted by atomic mass is 15.2. The zero-order valence-corrected chi connectivity index (χ0v) is 13.4. The summed E-state index contributed by atoms with van der Waals surface area (Å²) in [4.78, 5) is 2.58. The molecule has 114 valence electrons. The molecule has 0 bridgehead atoms. The Balaban J connectivity index is 1.69. The summed E-state index contributed by atoms with van der Waals surface area (Å²) >= 11 is 0. The van der Waals surface area contributed by atoms with E-state index in [2.05, 4.69) is 53.0 Å². The standard InChI is InChI=1S/C18H27N3/c1-3-21-14-16(17-13-15(2)6-7-18(17)21)5-4-10-20-11-8-19-9-12-20/h6-7,13-14,19H,3-5,8-12H2,1-2H3. The van der Waals surface area contributed by atoms with Gasteiger partial charge in [-0.15, -0.1) is 0 Å².